The molecular weight excluding hydrogens is 352 g/mol. The lowest BCUT2D eigenvalue weighted by molar-refractivity contribution is 0.0945. The summed E-state index contributed by atoms with van der Waals surface area (Å²) < 4.78 is 7.17. The summed E-state index contributed by atoms with van der Waals surface area (Å²) in [5.41, 5.74) is 7.84. The van der Waals surface area contributed by atoms with Crippen molar-refractivity contribution < 1.29 is 9.21 Å². The number of benzene rings is 1. The Hall–Kier alpha value is -2.57. The fraction of sp³-hybridized carbons (Fsp3) is 0.263. The number of halogens is 1. The van der Waals surface area contributed by atoms with Crippen molar-refractivity contribution in [3.05, 3.63) is 59.4 Å². The van der Waals surface area contributed by atoms with Crippen molar-refractivity contribution in [1.82, 2.24) is 15.1 Å². The topological polar surface area (TPSA) is 86.1 Å². The molecule has 7 heteroatoms. The monoisotopic (exact) mass is 370 g/mol. The van der Waals surface area contributed by atoms with Gasteiger partial charge in [-0.25, -0.2) is 4.68 Å². The van der Waals surface area contributed by atoms with E-state index < -0.39 is 0 Å². The number of hydrogen-bond acceptors (Lipinski definition) is 4. The van der Waals surface area contributed by atoms with Gasteiger partial charge in [-0.1, -0.05) is 11.6 Å². The summed E-state index contributed by atoms with van der Waals surface area (Å²) in [6.07, 6.45) is 3.87. The molecule has 0 radical (unpaired) electrons. The van der Waals surface area contributed by atoms with Gasteiger partial charge in [0.1, 0.15) is 5.69 Å². The van der Waals surface area contributed by atoms with Gasteiger partial charge in [-0.15, -0.1) is 0 Å². The van der Waals surface area contributed by atoms with Crippen LogP contribution in [-0.4, -0.2) is 28.3 Å². The van der Waals surface area contributed by atoms with E-state index in [1.807, 2.05) is 18.2 Å². The molecule has 1 amide bonds. The van der Waals surface area contributed by atoms with Crippen LogP contribution in [0.1, 0.15) is 23.3 Å². The lowest BCUT2D eigenvalue weighted by atomic mass is 10.2. The van der Waals surface area contributed by atoms with Crippen LogP contribution in [0.25, 0.3) is 17.1 Å². The Morgan fingerprint density at radius 3 is 2.77 bits per heavy atom. The number of nitrogens with one attached hydrogen (secondary N) is 1. The lowest BCUT2D eigenvalue weighted by Gasteiger charge is -2.10. The van der Waals surface area contributed by atoms with Crippen LogP contribution in [0.5, 0.6) is 0 Å². The Balaban J connectivity index is 1.62. The van der Waals surface area contributed by atoms with Gasteiger partial charge < -0.3 is 15.5 Å². The van der Waals surface area contributed by atoms with Gasteiger partial charge in [-0.05, 0) is 55.2 Å². The minimum atomic E-state index is -0.249. The first-order valence-corrected chi connectivity index (χ1v) is 8.93. The van der Waals surface area contributed by atoms with Crippen molar-refractivity contribution in [1.29, 1.82) is 0 Å². The summed E-state index contributed by atoms with van der Waals surface area (Å²) in [5, 5.41) is 7.97. The Morgan fingerprint density at radius 2 is 2.12 bits per heavy atom. The van der Waals surface area contributed by atoms with Crippen molar-refractivity contribution in [3.8, 4) is 17.1 Å². The van der Waals surface area contributed by atoms with Crippen LogP contribution in [0.3, 0.4) is 0 Å². The molecule has 1 unspecified atom stereocenters. The summed E-state index contributed by atoms with van der Waals surface area (Å²) in [6.45, 7) is 0.452. The van der Waals surface area contributed by atoms with E-state index in [0.717, 1.165) is 18.5 Å². The van der Waals surface area contributed by atoms with E-state index in [4.69, 9.17) is 21.8 Å². The van der Waals surface area contributed by atoms with Crippen molar-refractivity contribution in [2.45, 2.75) is 18.9 Å². The highest BCUT2D eigenvalue weighted by atomic mass is 35.5. The molecule has 2 aromatic heterocycles. The summed E-state index contributed by atoms with van der Waals surface area (Å²) >= 11 is 5.97. The molecule has 6 nitrogen and oxygen atoms in total. The molecule has 0 aliphatic heterocycles. The molecule has 3 N–H and O–H groups in total. The standard InChI is InChI=1S/C19H19ClN4O2/c20-13-5-7-14(8-6-13)24-17(18-2-1-9-26-18)10-16(23-24)19(25)22-11-15(21)12-3-4-12/h1-2,5-10,12,15H,3-4,11,21H2,(H,22,25). The third kappa shape index (κ3) is 3.52. The molecule has 1 atom stereocenters. The van der Waals surface area contributed by atoms with Gasteiger partial charge in [0.25, 0.3) is 5.91 Å². The SMILES string of the molecule is NC(CNC(=O)c1cc(-c2ccco2)n(-c2ccc(Cl)cc2)n1)C1CC1. The van der Waals surface area contributed by atoms with Crippen LogP contribution < -0.4 is 11.1 Å². The van der Waals surface area contributed by atoms with Crippen molar-refractivity contribution in [2.75, 3.05) is 6.54 Å². The molecule has 0 bridgehead atoms. The van der Waals surface area contributed by atoms with Gasteiger partial charge in [0.15, 0.2) is 11.5 Å². The van der Waals surface area contributed by atoms with Gasteiger partial charge in [-0.3, -0.25) is 4.79 Å². The van der Waals surface area contributed by atoms with Crippen LogP contribution in [0.2, 0.25) is 5.02 Å². The number of carbonyl (C=O) groups excluding carboxylic acids is 1. The Morgan fingerprint density at radius 1 is 1.35 bits per heavy atom. The minimum Gasteiger partial charge on any atom is -0.463 e. The van der Waals surface area contributed by atoms with Crippen molar-refractivity contribution >= 4 is 17.5 Å². The molecule has 1 saturated carbocycles. The number of amides is 1. The van der Waals surface area contributed by atoms with Gasteiger partial charge in [0, 0.05) is 23.7 Å². The van der Waals surface area contributed by atoms with E-state index in [9.17, 15) is 4.79 Å². The number of nitrogens with zero attached hydrogens (tertiary/aromatic N) is 2. The maximum atomic E-state index is 12.5. The van der Waals surface area contributed by atoms with Crippen LogP contribution in [0.15, 0.2) is 53.1 Å². The van der Waals surface area contributed by atoms with Crippen LogP contribution in [0.4, 0.5) is 0 Å². The number of furan rings is 1. The summed E-state index contributed by atoms with van der Waals surface area (Å²) in [4.78, 5) is 12.5. The predicted octanol–water partition coefficient (Wildman–Crippen LogP) is 3.25. The molecule has 4 rings (SSSR count). The zero-order chi connectivity index (χ0) is 18.1. The zero-order valence-corrected chi connectivity index (χ0v) is 14.8. The highest BCUT2D eigenvalue weighted by molar-refractivity contribution is 6.30. The van der Waals surface area contributed by atoms with Crippen LogP contribution in [-0.2, 0) is 0 Å². The average molecular weight is 371 g/mol. The molecule has 1 aliphatic carbocycles. The normalized spacial score (nSPS) is 15.0. The third-order valence-electron chi connectivity index (χ3n) is 4.51. The number of carbonyl (C=O) groups is 1. The fourth-order valence-electron chi connectivity index (χ4n) is 2.86. The summed E-state index contributed by atoms with van der Waals surface area (Å²) in [5.74, 6) is 0.906. The van der Waals surface area contributed by atoms with E-state index in [2.05, 4.69) is 10.4 Å². The number of aromatic nitrogens is 2. The molecule has 0 saturated heterocycles. The first-order chi connectivity index (χ1) is 12.6. The third-order valence-corrected chi connectivity index (χ3v) is 4.76. The Labute approximate surface area is 155 Å². The lowest BCUT2D eigenvalue weighted by Crippen LogP contribution is -2.38. The average Bonchev–Trinajstić information content (AvgIpc) is 3.18. The van der Waals surface area contributed by atoms with E-state index in [0.29, 0.717) is 34.6 Å². The van der Waals surface area contributed by atoms with E-state index >= 15 is 0 Å². The molecule has 0 spiro atoms. The number of nitrogens with two attached hydrogens (primary N) is 1. The maximum absolute atomic E-state index is 12.5. The Bertz CT molecular complexity index is 898. The first kappa shape index (κ1) is 16.9. The van der Waals surface area contributed by atoms with Crippen molar-refractivity contribution in [2.24, 2.45) is 11.7 Å². The van der Waals surface area contributed by atoms with Crippen molar-refractivity contribution in [3.63, 3.8) is 0 Å². The van der Waals surface area contributed by atoms with E-state index in [1.165, 1.54) is 0 Å². The number of hydrogen-bond donors (Lipinski definition) is 2. The zero-order valence-electron chi connectivity index (χ0n) is 14.1. The second-order valence-corrected chi connectivity index (χ2v) is 6.93. The van der Waals surface area contributed by atoms with E-state index in [1.54, 1.807) is 35.2 Å². The quantitative estimate of drug-likeness (QED) is 0.697. The predicted molar refractivity (Wildman–Crippen MR) is 99.3 cm³/mol. The second-order valence-electron chi connectivity index (χ2n) is 6.49. The molecule has 1 aromatic carbocycles. The molecule has 1 fully saturated rings. The van der Waals surface area contributed by atoms with Gasteiger partial charge in [0.05, 0.1) is 12.0 Å². The number of rotatable bonds is 6. The van der Waals surface area contributed by atoms with Gasteiger partial charge in [0.2, 0.25) is 0 Å². The molecule has 134 valence electrons. The first-order valence-electron chi connectivity index (χ1n) is 8.55. The smallest absolute Gasteiger partial charge is 0.271 e. The molecular formula is C19H19ClN4O2. The maximum Gasteiger partial charge on any atom is 0.271 e. The van der Waals surface area contributed by atoms with Gasteiger partial charge in [-0.2, -0.15) is 5.10 Å². The van der Waals surface area contributed by atoms with Gasteiger partial charge >= 0.3 is 0 Å². The van der Waals surface area contributed by atoms with Crippen LogP contribution >= 0.6 is 11.6 Å². The molecule has 1 aliphatic rings. The minimum absolute atomic E-state index is 0.00171. The second kappa shape index (κ2) is 6.97. The highest BCUT2D eigenvalue weighted by Crippen LogP contribution is 2.31. The highest BCUT2D eigenvalue weighted by Gasteiger charge is 2.29. The summed E-state index contributed by atoms with van der Waals surface area (Å²) in [6, 6.07) is 12.6. The summed E-state index contributed by atoms with van der Waals surface area (Å²) in [7, 11) is 0. The van der Waals surface area contributed by atoms with E-state index in [-0.39, 0.29) is 11.9 Å². The molecule has 26 heavy (non-hydrogen) atoms. The largest absolute Gasteiger partial charge is 0.463 e. The van der Waals surface area contributed by atoms with Crippen LogP contribution in [0, 0.1) is 5.92 Å². The molecule has 3 aromatic rings. The molecule has 2 heterocycles. The Kier molecular flexibility index (Phi) is 4.53. The fourth-order valence-corrected chi connectivity index (χ4v) is 2.99.